The number of hydrogen-bond acceptors (Lipinski definition) is 3. The first-order valence-corrected chi connectivity index (χ1v) is 10.5. The fraction of sp³-hybridized carbons (Fsp3) is 0.308. The third kappa shape index (κ3) is 4.01. The van der Waals surface area contributed by atoms with Gasteiger partial charge in [-0.1, -0.05) is 55.5 Å². The highest BCUT2D eigenvalue weighted by Gasteiger charge is 2.32. The Labute approximate surface area is 173 Å². The predicted molar refractivity (Wildman–Crippen MR) is 119 cm³/mol. The van der Waals surface area contributed by atoms with E-state index in [1.807, 2.05) is 17.2 Å². The second kappa shape index (κ2) is 8.71. The Morgan fingerprint density at radius 3 is 2.41 bits per heavy atom. The van der Waals surface area contributed by atoms with E-state index in [1.165, 1.54) is 22.3 Å². The van der Waals surface area contributed by atoms with Crippen LogP contribution in [0.4, 0.5) is 5.69 Å². The third-order valence-corrected chi connectivity index (χ3v) is 6.00. The maximum atomic E-state index is 9.98. The fourth-order valence-electron chi connectivity index (χ4n) is 4.65. The maximum absolute atomic E-state index is 9.98. The van der Waals surface area contributed by atoms with Gasteiger partial charge in [0.2, 0.25) is 0 Å². The SMILES string of the molecule is CCCN(OC)c1ccc([C@@H]2c3ccc(O)cc3CC[C@@H]2c2ccccc2)cc1. The van der Waals surface area contributed by atoms with Gasteiger partial charge in [0.25, 0.3) is 0 Å². The molecule has 1 aliphatic carbocycles. The largest absolute Gasteiger partial charge is 0.508 e. The molecule has 4 rings (SSSR count). The molecule has 3 aromatic rings. The minimum absolute atomic E-state index is 0.276. The van der Waals surface area contributed by atoms with Gasteiger partial charge in [0.1, 0.15) is 5.75 Å². The zero-order chi connectivity index (χ0) is 20.2. The lowest BCUT2D eigenvalue weighted by atomic mass is 9.69. The molecular weight excluding hydrogens is 358 g/mol. The summed E-state index contributed by atoms with van der Waals surface area (Å²) < 4.78 is 0. The van der Waals surface area contributed by atoms with Crippen molar-refractivity contribution in [1.82, 2.24) is 0 Å². The summed E-state index contributed by atoms with van der Waals surface area (Å²) in [6, 6.07) is 25.5. The van der Waals surface area contributed by atoms with Crippen LogP contribution in [0.25, 0.3) is 0 Å². The molecule has 0 saturated carbocycles. The van der Waals surface area contributed by atoms with Gasteiger partial charge in [-0.15, -0.1) is 0 Å². The molecule has 0 spiro atoms. The highest BCUT2D eigenvalue weighted by atomic mass is 16.7. The van der Waals surface area contributed by atoms with Crippen molar-refractivity contribution < 1.29 is 9.94 Å². The van der Waals surface area contributed by atoms with E-state index >= 15 is 0 Å². The Morgan fingerprint density at radius 2 is 1.72 bits per heavy atom. The molecule has 0 unspecified atom stereocenters. The first-order chi connectivity index (χ1) is 14.2. The van der Waals surface area contributed by atoms with E-state index < -0.39 is 0 Å². The number of fused-ring (bicyclic) bond motifs is 1. The Morgan fingerprint density at radius 1 is 0.966 bits per heavy atom. The van der Waals surface area contributed by atoms with Gasteiger partial charge in [-0.05, 0) is 71.7 Å². The molecule has 2 atom stereocenters. The molecule has 3 nitrogen and oxygen atoms in total. The number of hydrogen-bond donors (Lipinski definition) is 1. The van der Waals surface area contributed by atoms with Gasteiger partial charge in [-0.2, -0.15) is 0 Å². The molecule has 0 fully saturated rings. The zero-order valence-electron chi connectivity index (χ0n) is 17.2. The summed E-state index contributed by atoms with van der Waals surface area (Å²) in [7, 11) is 1.72. The number of phenolic OH excluding ortho intramolecular Hbond substituents is 1. The van der Waals surface area contributed by atoms with Crippen molar-refractivity contribution in [1.29, 1.82) is 0 Å². The van der Waals surface area contributed by atoms with E-state index in [1.54, 1.807) is 7.11 Å². The quantitative estimate of drug-likeness (QED) is 0.524. The summed E-state index contributed by atoms with van der Waals surface area (Å²) in [5, 5.41) is 11.9. The summed E-state index contributed by atoms with van der Waals surface area (Å²) in [5.41, 5.74) is 6.35. The van der Waals surface area contributed by atoms with Crippen LogP contribution < -0.4 is 5.06 Å². The van der Waals surface area contributed by atoms with Crippen LogP contribution in [0.3, 0.4) is 0 Å². The summed E-state index contributed by atoms with van der Waals surface area (Å²) in [4.78, 5) is 5.53. The summed E-state index contributed by atoms with van der Waals surface area (Å²) in [5.74, 6) is 1.05. The van der Waals surface area contributed by atoms with Crippen LogP contribution in [-0.4, -0.2) is 18.8 Å². The summed E-state index contributed by atoms with van der Waals surface area (Å²) >= 11 is 0. The smallest absolute Gasteiger partial charge is 0.115 e. The van der Waals surface area contributed by atoms with Crippen LogP contribution in [0, 0.1) is 0 Å². The van der Waals surface area contributed by atoms with Gasteiger partial charge in [0, 0.05) is 12.5 Å². The fourth-order valence-corrected chi connectivity index (χ4v) is 4.65. The van der Waals surface area contributed by atoms with E-state index in [4.69, 9.17) is 4.84 Å². The molecule has 1 N–H and O–H groups in total. The van der Waals surface area contributed by atoms with Crippen LogP contribution in [0.1, 0.15) is 53.9 Å². The van der Waals surface area contributed by atoms with E-state index in [0.29, 0.717) is 11.7 Å². The van der Waals surface area contributed by atoms with Gasteiger partial charge >= 0.3 is 0 Å². The minimum Gasteiger partial charge on any atom is -0.508 e. The summed E-state index contributed by atoms with van der Waals surface area (Å²) in [6.45, 7) is 3.02. The van der Waals surface area contributed by atoms with Crippen molar-refractivity contribution in [3.8, 4) is 5.75 Å². The van der Waals surface area contributed by atoms with Gasteiger partial charge in [0.15, 0.2) is 0 Å². The molecule has 0 heterocycles. The topological polar surface area (TPSA) is 32.7 Å². The van der Waals surface area contributed by atoms with Gasteiger partial charge in [-0.3, -0.25) is 9.90 Å². The molecule has 0 aromatic heterocycles. The number of hydroxylamine groups is 1. The first-order valence-electron chi connectivity index (χ1n) is 10.5. The monoisotopic (exact) mass is 387 g/mol. The number of aryl methyl sites for hydroxylation is 1. The lowest BCUT2D eigenvalue weighted by Crippen LogP contribution is -2.23. The predicted octanol–water partition coefficient (Wildman–Crippen LogP) is 6.03. The summed E-state index contributed by atoms with van der Waals surface area (Å²) in [6.07, 6.45) is 3.10. The minimum atomic E-state index is 0.276. The molecule has 0 radical (unpaired) electrons. The molecule has 0 saturated heterocycles. The number of aromatic hydroxyl groups is 1. The Bertz CT molecular complexity index is 937. The van der Waals surface area contributed by atoms with Gasteiger partial charge in [-0.25, -0.2) is 0 Å². The zero-order valence-corrected chi connectivity index (χ0v) is 17.2. The molecule has 0 bridgehead atoms. The highest BCUT2D eigenvalue weighted by molar-refractivity contribution is 5.51. The Hall–Kier alpha value is -2.78. The molecule has 0 amide bonds. The van der Waals surface area contributed by atoms with Crippen molar-refractivity contribution in [3.05, 3.63) is 95.1 Å². The van der Waals surface area contributed by atoms with Crippen LogP contribution >= 0.6 is 0 Å². The first kappa shape index (κ1) is 19.5. The lowest BCUT2D eigenvalue weighted by Gasteiger charge is -2.35. The molecule has 150 valence electrons. The van der Waals surface area contributed by atoms with Crippen LogP contribution in [0.2, 0.25) is 0 Å². The van der Waals surface area contributed by atoms with Crippen molar-refractivity contribution in [2.24, 2.45) is 0 Å². The van der Waals surface area contributed by atoms with Crippen molar-refractivity contribution in [3.63, 3.8) is 0 Å². The van der Waals surface area contributed by atoms with Crippen LogP contribution in [0.5, 0.6) is 5.75 Å². The molecule has 29 heavy (non-hydrogen) atoms. The van der Waals surface area contributed by atoms with Crippen LogP contribution in [0.15, 0.2) is 72.8 Å². The Kier molecular flexibility index (Phi) is 5.86. The van der Waals surface area contributed by atoms with Crippen molar-refractivity contribution in [2.75, 3.05) is 18.7 Å². The number of nitrogens with zero attached hydrogens (tertiary/aromatic N) is 1. The van der Waals surface area contributed by atoms with Gasteiger partial charge in [0.05, 0.1) is 12.8 Å². The highest BCUT2D eigenvalue weighted by Crippen LogP contribution is 2.47. The van der Waals surface area contributed by atoms with E-state index in [2.05, 4.69) is 67.6 Å². The molecule has 0 aliphatic heterocycles. The Balaban J connectivity index is 1.75. The molecular formula is C26H29NO2. The number of benzene rings is 3. The second-order valence-corrected chi connectivity index (χ2v) is 7.79. The molecule has 3 heteroatoms. The number of rotatable bonds is 6. The lowest BCUT2D eigenvalue weighted by molar-refractivity contribution is 0.167. The van der Waals surface area contributed by atoms with Crippen LogP contribution in [-0.2, 0) is 11.3 Å². The molecule has 3 aromatic carbocycles. The number of phenols is 1. The third-order valence-electron chi connectivity index (χ3n) is 6.00. The van der Waals surface area contributed by atoms with E-state index in [0.717, 1.165) is 31.5 Å². The second-order valence-electron chi connectivity index (χ2n) is 7.79. The van der Waals surface area contributed by atoms with E-state index in [9.17, 15) is 5.11 Å². The molecule has 1 aliphatic rings. The number of anilines is 1. The van der Waals surface area contributed by atoms with Crippen molar-refractivity contribution >= 4 is 5.69 Å². The average Bonchev–Trinajstić information content (AvgIpc) is 2.77. The standard InChI is InChI=1S/C26H29NO2/c1-3-17-27(29-2)22-12-9-20(10-13-22)26-24(19-7-5-4-6-8-19)15-11-21-18-23(28)14-16-25(21)26/h4-10,12-14,16,18,24,26,28H,3,11,15,17H2,1-2H3/t24-,26+/m1/s1. The average molecular weight is 388 g/mol. The van der Waals surface area contributed by atoms with Gasteiger partial charge < -0.3 is 5.11 Å². The van der Waals surface area contributed by atoms with Crippen molar-refractivity contribution in [2.45, 2.75) is 38.0 Å². The maximum Gasteiger partial charge on any atom is 0.115 e. The normalized spacial score (nSPS) is 18.3. The van der Waals surface area contributed by atoms with E-state index in [-0.39, 0.29) is 5.92 Å².